The van der Waals surface area contributed by atoms with Crippen LogP contribution in [-0.2, 0) is 105 Å². The number of para-hydroxylation sites is 9. The van der Waals surface area contributed by atoms with Crippen molar-refractivity contribution in [3.63, 3.8) is 0 Å². The predicted octanol–water partition coefficient (Wildman–Crippen LogP) is 19.8. The quantitative estimate of drug-likeness (QED) is 0.0124. The topological polar surface area (TPSA) is 425 Å². The molecule has 18 aromatic rings. The first-order valence-corrected chi connectivity index (χ1v) is 54.4. The zero-order valence-electron chi connectivity index (χ0n) is 83.2. The maximum Gasteiger partial charge on any atom is 0.422 e. The van der Waals surface area contributed by atoms with Gasteiger partial charge in [0.2, 0.25) is 0 Å². The van der Waals surface area contributed by atoms with Gasteiger partial charge in [-0.25, -0.2) is 29.9 Å². The number of fused-ring (bicyclic) bond motifs is 7. The van der Waals surface area contributed by atoms with Gasteiger partial charge in [-0.1, -0.05) is 87.0 Å². The number of ether oxygens (including phenoxy) is 9. The molecule has 0 amide bonds. The number of pyridine rings is 5. The third-order valence-electron chi connectivity index (χ3n) is 23.2. The predicted molar refractivity (Wildman–Crippen MR) is 561 cm³/mol. The Morgan fingerprint density at radius 2 is 0.838 bits per heavy atom. The number of benzene rings is 7. The van der Waals surface area contributed by atoms with Crippen molar-refractivity contribution in [2.24, 2.45) is 5.92 Å². The fraction of sp³-hybridized carbons (Fsp3) is 0.298. The molecule has 778 valence electrons. The van der Waals surface area contributed by atoms with Gasteiger partial charge in [0.15, 0.2) is 49.0 Å². The van der Waals surface area contributed by atoms with Crippen LogP contribution in [0.15, 0.2) is 244 Å². The summed E-state index contributed by atoms with van der Waals surface area (Å²) in [5, 5.41) is 2.30. The van der Waals surface area contributed by atoms with Crippen LogP contribution in [-0.4, -0.2) is 199 Å². The third kappa shape index (κ3) is 28.6. The van der Waals surface area contributed by atoms with Gasteiger partial charge >= 0.3 is 12.8 Å². The van der Waals surface area contributed by atoms with Crippen LogP contribution in [0.1, 0.15) is 107 Å². The molecule has 1 aliphatic carbocycles. The van der Waals surface area contributed by atoms with Gasteiger partial charge in [0.1, 0.15) is 34.5 Å². The largest absolute Gasteiger partial charge is 0.497 e. The molecule has 1 aliphatic rings. The maximum absolute atomic E-state index is 13.2. The van der Waals surface area contributed by atoms with Crippen molar-refractivity contribution in [3.05, 3.63) is 275 Å². The van der Waals surface area contributed by atoms with E-state index in [-0.39, 0.29) is 39.2 Å². The summed E-state index contributed by atoms with van der Waals surface area (Å²) >= 11 is 0. The van der Waals surface area contributed by atoms with Gasteiger partial charge < -0.3 is 77.4 Å². The minimum atomic E-state index is -4.42. The average Bonchev–Trinajstić information content (AvgIpc) is 1.63. The van der Waals surface area contributed by atoms with Gasteiger partial charge in [-0.2, -0.15) is 22.0 Å². The summed E-state index contributed by atoms with van der Waals surface area (Å²) in [6.45, 7) is 9.68. The van der Waals surface area contributed by atoms with Crippen molar-refractivity contribution in [1.82, 2.24) is 84.7 Å². The molecule has 33 nitrogen and oxygen atoms in total. The highest BCUT2D eigenvalue weighted by molar-refractivity contribution is 7.85. The number of imidazole rings is 6. The van der Waals surface area contributed by atoms with E-state index in [1.54, 1.807) is 66.1 Å². The van der Waals surface area contributed by atoms with Crippen LogP contribution in [0.4, 0.5) is 27.6 Å². The molecule has 11 aromatic heterocycles. The Labute approximate surface area is 864 Å². The van der Waals surface area contributed by atoms with Crippen molar-refractivity contribution in [2.45, 2.75) is 151 Å². The molecule has 44 heteroatoms. The average molecular weight is 2140 g/mol. The third-order valence-corrected chi connectivity index (χ3v) is 30.6. The molecule has 7 unspecified atom stereocenters. The SMILES string of the molecule is CC(C)CN(C)c1ccccc1CS(=O)c1nc2ccccc2[nH]1.COCCCOc1ccnc(CS(=O)c2nc3ccccc3[nH]2)c1C.COc1ccc2nc(S(=O)Cc3ncc(C)c(OC)c3C)[nH]c2c1.COc1ccnc(CS(=O)c2nc3ccc(OC(F)F)cc3[nH]2)c1OC.COc1ccnc2c1CCCCC2S(=O)c1nc2ccccc2[nH]1.Cc1c(OCC(F)(F)F)ccnc1CS(=O)c1nc2ccccc2[nH]1. The zero-order valence-corrected chi connectivity index (χ0v) is 88.1. The van der Waals surface area contributed by atoms with Gasteiger partial charge in [-0.15, -0.1) is 0 Å². The number of aromatic nitrogens is 17. The van der Waals surface area contributed by atoms with Crippen LogP contribution < -0.4 is 42.8 Å². The Bertz CT molecular complexity index is 7630. The number of halogens is 5. The maximum atomic E-state index is 13.2. The molecule has 0 saturated carbocycles. The summed E-state index contributed by atoms with van der Waals surface area (Å²) in [5.41, 5.74) is 18.9. The molecule has 0 spiro atoms. The second-order valence-corrected chi connectivity index (χ2v) is 42.3. The summed E-state index contributed by atoms with van der Waals surface area (Å²) in [4.78, 5) is 68.5. The summed E-state index contributed by atoms with van der Waals surface area (Å²) in [6.07, 6.45) is 8.27. The van der Waals surface area contributed by atoms with Crippen molar-refractivity contribution in [2.75, 3.05) is 81.0 Å². The first-order valence-electron chi connectivity index (χ1n) is 46.5. The standard InChI is InChI=1S/C19H23N3OS.C18H21N3O3S.C18H19N3O2S.C17H19N3O3S.C16H14F3N3O2S.C16H15F2N3O4S/c1-14(2)12-22(3)18-11-7-4-8-15(18)13-24(23)19-20-16-9-5-6-10-17(16)21-19;1-13-16(19-9-8-17(13)24-11-5-10-23-2)12-25(22)18-20-14-6-3-4-7-15(14)21-18;1-23-15-10-11-19-17-12(15)6-2-5-9-16(17)24(22)18-20-13-7-3-4-8-14(13)21-18;1-10-8-18-15(11(2)16(10)23-4)9-24(21)17-19-13-6-5-12(22-3)7-14(13)20-17;1-10-13(20-7-6-14(10)24-9-16(17,18)19)8-25(23)15-21-11-4-2-3-5-12(11)22-15;1-23-13-5-6-19-12(14(13)24-2)8-26(22)16-20-10-4-3-9(25-15(17)18)7-11(10)21-16/h4-11,14H,12-13H2,1-3H3,(H,20,21);3-4,6-9H,5,10-12H2,1-2H3,(H,20,21);3-4,7-8,10-11,16H,2,5-6,9H2,1H3,(H,20,21);5-8H,9H2,1-4H3,(H,19,20);2-7H,8-9H2,1H3,(H,21,22);3-7,15H,8H2,1-2H3,(H,20,21). The molecule has 19 rings (SSSR count). The second kappa shape index (κ2) is 51.9. The lowest BCUT2D eigenvalue weighted by Crippen LogP contribution is -2.23. The van der Waals surface area contributed by atoms with E-state index in [9.17, 15) is 47.2 Å². The van der Waals surface area contributed by atoms with E-state index >= 15 is 0 Å². The van der Waals surface area contributed by atoms with Crippen LogP contribution >= 0.6 is 0 Å². The van der Waals surface area contributed by atoms with E-state index in [1.165, 1.54) is 50.9 Å². The Kier molecular flexibility index (Phi) is 38.4. The minimum Gasteiger partial charge on any atom is -0.497 e. The Morgan fingerprint density at radius 3 is 1.32 bits per heavy atom. The number of anilines is 1. The van der Waals surface area contributed by atoms with E-state index in [0.29, 0.717) is 101 Å². The molecule has 7 atom stereocenters. The molecule has 0 fully saturated rings. The fourth-order valence-corrected chi connectivity index (χ4v) is 22.8. The van der Waals surface area contributed by atoms with Crippen molar-refractivity contribution >= 4 is 137 Å². The molecule has 0 aliphatic heterocycles. The minimum absolute atomic E-state index is 0.00962. The Balaban J connectivity index is 0.000000140. The lowest BCUT2D eigenvalue weighted by molar-refractivity contribution is -0.153. The van der Waals surface area contributed by atoms with Crippen LogP contribution in [0.3, 0.4) is 0 Å². The molecule has 11 heterocycles. The number of hydrogen-bond acceptors (Lipinski definition) is 27. The molecule has 0 saturated heterocycles. The van der Waals surface area contributed by atoms with E-state index in [1.807, 2.05) is 160 Å². The highest BCUT2D eigenvalue weighted by atomic mass is 32.2. The fourth-order valence-electron chi connectivity index (χ4n) is 16.0. The lowest BCUT2D eigenvalue weighted by atomic mass is 10.1. The molecule has 7 aromatic carbocycles. The number of nitrogens with one attached hydrogen (secondary N) is 6. The van der Waals surface area contributed by atoms with Crippen molar-refractivity contribution in [3.8, 4) is 46.0 Å². The second-order valence-electron chi connectivity index (χ2n) is 33.9. The van der Waals surface area contributed by atoms with Crippen LogP contribution in [0.5, 0.6) is 46.0 Å². The van der Waals surface area contributed by atoms with E-state index in [0.717, 1.165) is 162 Å². The Hall–Kier alpha value is -14.2. The highest BCUT2D eigenvalue weighted by Crippen LogP contribution is 2.40. The summed E-state index contributed by atoms with van der Waals surface area (Å²) in [5.74, 6) is 5.72. The first-order chi connectivity index (χ1) is 71.4. The van der Waals surface area contributed by atoms with Gasteiger partial charge in [0, 0.05) is 116 Å². The molecule has 0 radical (unpaired) electrons. The monoisotopic (exact) mass is 2140 g/mol. The van der Waals surface area contributed by atoms with Gasteiger partial charge in [-0.3, -0.25) is 50.2 Å². The van der Waals surface area contributed by atoms with E-state index < -0.39 is 84.2 Å². The lowest BCUT2D eigenvalue weighted by Gasteiger charge is -2.24. The van der Waals surface area contributed by atoms with E-state index in [4.69, 9.17) is 37.9 Å². The number of methoxy groups -OCH3 is 6. The van der Waals surface area contributed by atoms with Gasteiger partial charge in [0.05, 0.1) is 236 Å². The number of aryl methyl sites for hydroxylation is 1. The number of hydrogen-bond donors (Lipinski definition) is 6. The summed E-state index contributed by atoms with van der Waals surface area (Å²) < 4.78 is 185. The molecular weight excluding hydrogens is 2030 g/mol. The number of H-pyrrole nitrogens is 6. The molecule has 6 N–H and O–H groups in total. The number of aromatic amines is 6. The van der Waals surface area contributed by atoms with Crippen molar-refractivity contribution < 1.29 is 89.8 Å². The number of rotatable bonds is 34. The van der Waals surface area contributed by atoms with Crippen LogP contribution in [0, 0.1) is 33.6 Å². The smallest absolute Gasteiger partial charge is 0.422 e. The van der Waals surface area contributed by atoms with E-state index in [2.05, 4.69) is 121 Å². The van der Waals surface area contributed by atoms with Crippen LogP contribution in [0.2, 0.25) is 0 Å². The van der Waals surface area contributed by atoms with Crippen molar-refractivity contribution in [1.29, 1.82) is 0 Å². The normalized spacial score (nSPS) is 13.6. The Morgan fingerprint density at radius 1 is 0.419 bits per heavy atom. The number of alkyl halides is 5. The van der Waals surface area contributed by atoms with Gasteiger partial charge in [0.25, 0.3) is 0 Å². The molecule has 0 bridgehead atoms. The molecular formula is C104H111F5N18O15S6. The molecule has 148 heavy (non-hydrogen) atoms. The first kappa shape index (κ1) is 110. The van der Waals surface area contributed by atoms with Crippen LogP contribution in [0.25, 0.3) is 66.2 Å². The summed E-state index contributed by atoms with van der Waals surface area (Å²) in [6, 6.07) is 55.0. The summed E-state index contributed by atoms with van der Waals surface area (Å²) in [7, 11) is 3.46. The highest BCUT2D eigenvalue weighted by Gasteiger charge is 2.32. The number of nitrogens with zero attached hydrogens (tertiary/aromatic N) is 12. The van der Waals surface area contributed by atoms with Gasteiger partial charge in [-0.05, 0) is 156 Å². The zero-order chi connectivity index (χ0) is 105.